The second kappa shape index (κ2) is 18.5. The molecule has 1 rings (SSSR count). The minimum absolute atomic E-state index is 0.0272. The lowest BCUT2D eigenvalue weighted by Gasteiger charge is -2.30. The van der Waals surface area contributed by atoms with Crippen LogP contribution in [0.5, 0.6) is 0 Å². The molecule has 1 aromatic carbocycles. The zero-order valence-electron chi connectivity index (χ0n) is 25.9. The molecule has 0 aromatic heterocycles. The van der Waals surface area contributed by atoms with Crippen molar-refractivity contribution < 1.29 is 47.7 Å². The van der Waals surface area contributed by atoms with Crippen LogP contribution in [-0.4, -0.2) is 92.6 Å². The van der Waals surface area contributed by atoms with Crippen LogP contribution in [0.1, 0.15) is 59.4 Å². The Bertz CT molecular complexity index is 1070. The lowest BCUT2D eigenvalue weighted by molar-refractivity contribution is -0.159. The van der Waals surface area contributed by atoms with Crippen molar-refractivity contribution in [2.45, 2.75) is 72.1 Å². The number of hydrogen-bond donors (Lipinski definition) is 2. The van der Waals surface area contributed by atoms with Gasteiger partial charge in [-0.1, -0.05) is 30.3 Å². The summed E-state index contributed by atoms with van der Waals surface area (Å²) in [6, 6.07) is 8.18. The highest BCUT2D eigenvalue weighted by Crippen LogP contribution is 2.20. The van der Waals surface area contributed by atoms with Crippen molar-refractivity contribution in [3.63, 3.8) is 0 Å². The van der Waals surface area contributed by atoms with E-state index in [4.69, 9.17) is 14.2 Å². The summed E-state index contributed by atoms with van der Waals surface area (Å²) in [7, 11) is 1.24. The summed E-state index contributed by atoms with van der Waals surface area (Å²) < 4.78 is 20.5. The van der Waals surface area contributed by atoms with Gasteiger partial charge in [-0.25, -0.2) is 4.79 Å². The molecule has 1 atom stereocenters. The van der Waals surface area contributed by atoms with Crippen LogP contribution in [0.15, 0.2) is 30.3 Å². The molecule has 0 saturated heterocycles. The molecule has 43 heavy (non-hydrogen) atoms. The number of hydrogen-bond acceptors (Lipinski definition) is 11. The Kier molecular flexibility index (Phi) is 15.9. The lowest BCUT2D eigenvalue weighted by atomic mass is 9.93. The van der Waals surface area contributed by atoms with Crippen LogP contribution >= 0.6 is 0 Å². The molecule has 0 aliphatic heterocycles. The van der Waals surface area contributed by atoms with Crippen molar-refractivity contribution in [3.8, 4) is 0 Å². The van der Waals surface area contributed by atoms with Crippen LogP contribution in [0.3, 0.4) is 0 Å². The maximum absolute atomic E-state index is 12.7. The molecule has 0 unspecified atom stereocenters. The van der Waals surface area contributed by atoms with E-state index in [0.29, 0.717) is 6.41 Å². The number of methoxy groups -OCH3 is 1. The van der Waals surface area contributed by atoms with Crippen molar-refractivity contribution in [1.29, 1.82) is 0 Å². The molecule has 2 amide bonds. The molecular weight excluding hydrogens is 562 g/mol. The van der Waals surface area contributed by atoms with E-state index >= 15 is 0 Å². The topological polar surface area (TPSA) is 167 Å². The normalized spacial score (nSPS) is 12.1. The molecule has 13 heteroatoms. The van der Waals surface area contributed by atoms with Gasteiger partial charge < -0.3 is 29.6 Å². The lowest BCUT2D eigenvalue weighted by Crippen LogP contribution is -2.46. The second-order valence-corrected chi connectivity index (χ2v) is 11.5. The quantitative estimate of drug-likeness (QED) is 0.133. The third-order valence-corrected chi connectivity index (χ3v) is 5.90. The van der Waals surface area contributed by atoms with Gasteiger partial charge in [0.2, 0.25) is 12.3 Å². The highest BCUT2D eigenvalue weighted by molar-refractivity contribution is 5.81. The number of carbonyl (C=O) groups excluding carboxylic acids is 6. The van der Waals surface area contributed by atoms with Gasteiger partial charge in [-0.15, -0.1) is 0 Å². The predicted molar refractivity (Wildman–Crippen MR) is 155 cm³/mol. The van der Waals surface area contributed by atoms with E-state index in [2.05, 4.69) is 15.4 Å². The summed E-state index contributed by atoms with van der Waals surface area (Å²) >= 11 is 0. The van der Waals surface area contributed by atoms with Gasteiger partial charge in [-0.2, -0.15) is 0 Å². The molecule has 0 bridgehead atoms. The Labute approximate surface area is 252 Å². The van der Waals surface area contributed by atoms with E-state index in [9.17, 15) is 28.8 Å². The van der Waals surface area contributed by atoms with Gasteiger partial charge in [0, 0.05) is 26.1 Å². The van der Waals surface area contributed by atoms with E-state index in [-0.39, 0.29) is 64.6 Å². The highest BCUT2D eigenvalue weighted by atomic mass is 16.6. The molecule has 0 spiro atoms. The van der Waals surface area contributed by atoms with Crippen molar-refractivity contribution in [3.05, 3.63) is 35.9 Å². The van der Waals surface area contributed by atoms with E-state index in [1.54, 1.807) is 39.5 Å². The summed E-state index contributed by atoms with van der Waals surface area (Å²) in [4.78, 5) is 74.2. The maximum Gasteiger partial charge on any atom is 0.329 e. The fourth-order valence-corrected chi connectivity index (χ4v) is 3.77. The zero-order chi connectivity index (χ0) is 32.5. The molecule has 0 fully saturated rings. The molecule has 2 N–H and O–H groups in total. The minimum atomic E-state index is -1.07. The Morgan fingerprint density at radius 2 is 1.63 bits per heavy atom. The number of benzene rings is 1. The molecule has 13 nitrogen and oxygen atoms in total. The molecule has 1 aromatic rings. The fourth-order valence-electron chi connectivity index (χ4n) is 3.77. The standard InChI is InChI=1S/C30H45N3O10/c1-29(2,3)43-27(38)23(32-21-34)12-13-24(35)31-15-16-33(18-26(37)42-19-22-10-8-7-9-11-22)20-30(4,5)28(39)41-17-14-25(36)40-6/h7-11,21,23H,12-20H2,1-6H3,(H,31,35)(H,32,34)/t23-/m0/s1. The van der Waals surface area contributed by atoms with Gasteiger partial charge in [-0.05, 0) is 46.6 Å². The van der Waals surface area contributed by atoms with E-state index in [1.807, 2.05) is 30.3 Å². The number of esters is 4. The van der Waals surface area contributed by atoms with E-state index in [1.165, 1.54) is 7.11 Å². The molecule has 0 aliphatic rings. The van der Waals surface area contributed by atoms with Gasteiger partial charge in [0.15, 0.2) is 0 Å². The predicted octanol–water partition coefficient (Wildman–Crippen LogP) is 1.52. The largest absolute Gasteiger partial charge is 0.469 e. The first-order valence-corrected chi connectivity index (χ1v) is 14.0. The smallest absolute Gasteiger partial charge is 0.329 e. The Morgan fingerprint density at radius 1 is 0.953 bits per heavy atom. The van der Waals surface area contributed by atoms with Gasteiger partial charge in [-0.3, -0.25) is 28.9 Å². The van der Waals surface area contributed by atoms with Gasteiger partial charge in [0.1, 0.15) is 24.9 Å². The molecular formula is C30H45N3O10. The van der Waals surface area contributed by atoms with Crippen LogP contribution in [0.25, 0.3) is 0 Å². The number of rotatable bonds is 19. The first-order valence-electron chi connectivity index (χ1n) is 14.0. The number of amides is 2. The maximum atomic E-state index is 12.7. The Hall–Kier alpha value is -4.00. The minimum Gasteiger partial charge on any atom is -0.469 e. The SMILES string of the molecule is COC(=O)CCOC(=O)C(C)(C)CN(CCNC(=O)CC[C@H](NC=O)C(=O)OC(C)(C)C)CC(=O)OCc1ccccc1. The number of ether oxygens (including phenoxy) is 4. The monoisotopic (exact) mass is 607 g/mol. The molecule has 0 aliphatic carbocycles. The summed E-state index contributed by atoms with van der Waals surface area (Å²) in [6.07, 6.45) is 0.252. The van der Waals surface area contributed by atoms with Crippen molar-refractivity contribution >= 4 is 36.2 Å². The molecule has 0 heterocycles. The van der Waals surface area contributed by atoms with Crippen molar-refractivity contribution in [2.75, 3.05) is 39.9 Å². The van der Waals surface area contributed by atoms with Crippen LogP contribution < -0.4 is 10.6 Å². The van der Waals surface area contributed by atoms with Crippen LogP contribution in [0.4, 0.5) is 0 Å². The molecule has 0 radical (unpaired) electrons. The first-order chi connectivity index (χ1) is 20.2. The summed E-state index contributed by atoms with van der Waals surface area (Å²) in [5, 5.41) is 5.10. The third kappa shape index (κ3) is 16.3. The Morgan fingerprint density at radius 3 is 2.23 bits per heavy atom. The van der Waals surface area contributed by atoms with Crippen LogP contribution in [-0.2, 0) is 54.3 Å². The van der Waals surface area contributed by atoms with E-state index < -0.39 is 40.9 Å². The van der Waals surface area contributed by atoms with Gasteiger partial charge in [0.25, 0.3) is 0 Å². The number of nitrogens with one attached hydrogen (secondary N) is 2. The van der Waals surface area contributed by atoms with Crippen LogP contribution in [0.2, 0.25) is 0 Å². The summed E-state index contributed by atoms with van der Waals surface area (Å²) in [5.41, 5.74) is -1.01. The molecule has 240 valence electrons. The van der Waals surface area contributed by atoms with Crippen LogP contribution in [0, 0.1) is 5.41 Å². The fraction of sp³-hybridized carbons (Fsp3) is 0.600. The van der Waals surface area contributed by atoms with Gasteiger partial charge in [0.05, 0.1) is 25.5 Å². The number of nitrogens with zero attached hydrogens (tertiary/aromatic N) is 1. The number of carbonyl (C=O) groups is 6. The Balaban J connectivity index is 2.76. The average Bonchev–Trinajstić information content (AvgIpc) is 2.93. The average molecular weight is 608 g/mol. The second-order valence-electron chi connectivity index (χ2n) is 11.5. The molecule has 0 saturated carbocycles. The van der Waals surface area contributed by atoms with Gasteiger partial charge >= 0.3 is 23.9 Å². The summed E-state index contributed by atoms with van der Waals surface area (Å²) in [6.45, 7) is 8.55. The highest BCUT2D eigenvalue weighted by Gasteiger charge is 2.33. The third-order valence-electron chi connectivity index (χ3n) is 5.90. The zero-order valence-corrected chi connectivity index (χ0v) is 25.9. The van der Waals surface area contributed by atoms with E-state index in [0.717, 1.165) is 5.56 Å². The summed E-state index contributed by atoms with van der Waals surface area (Å²) in [5.74, 6) is -2.63. The van der Waals surface area contributed by atoms with Crippen molar-refractivity contribution in [1.82, 2.24) is 15.5 Å². The first kappa shape index (κ1) is 37.0. The van der Waals surface area contributed by atoms with Crippen molar-refractivity contribution in [2.24, 2.45) is 5.41 Å².